The van der Waals surface area contributed by atoms with Crippen molar-refractivity contribution in [3.63, 3.8) is 0 Å². The van der Waals surface area contributed by atoms with E-state index in [0.29, 0.717) is 10.8 Å². The third kappa shape index (κ3) is 4.47. The van der Waals surface area contributed by atoms with Gasteiger partial charge >= 0.3 is 0 Å². The molecule has 33 heavy (non-hydrogen) atoms. The van der Waals surface area contributed by atoms with Gasteiger partial charge in [0.2, 0.25) is 0 Å². The first-order chi connectivity index (χ1) is 16.1. The van der Waals surface area contributed by atoms with Crippen LogP contribution in [0.5, 0.6) is 0 Å². The van der Waals surface area contributed by atoms with Gasteiger partial charge in [0.1, 0.15) is 0 Å². The SMILES string of the molecule is CCCCCCCC[C@H]1CCC2[C@@H]3CCC4CC(c5ccccc5)CC[C@]4(C)C3CC[C@@]21C. The highest BCUT2D eigenvalue weighted by molar-refractivity contribution is 5.21. The molecular weight excluding hydrogens is 396 g/mol. The van der Waals surface area contributed by atoms with E-state index >= 15 is 0 Å². The van der Waals surface area contributed by atoms with Crippen LogP contribution in [0, 0.1) is 40.4 Å². The third-order valence-electron chi connectivity index (χ3n) is 12.0. The van der Waals surface area contributed by atoms with Gasteiger partial charge in [-0.2, -0.15) is 0 Å². The van der Waals surface area contributed by atoms with Crippen molar-refractivity contribution in [1.82, 2.24) is 0 Å². The molecule has 0 aromatic heterocycles. The maximum absolute atomic E-state index is 2.75. The molecule has 0 bridgehead atoms. The van der Waals surface area contributed by atoms with Gasteiger partial charge in [0.15, 0.2) is 0 Å². The summed E-state index contributed by atoms with van der Waals surface area (Å²) in [7, 11) is 0. The van der Waals surface area contributed by atoms with Crippen molar-refractivity contribution >= 4 is 0 Å². The molecule has 0 aliphatic heterocycles. The van der Waals surface area contributed by atoms with Gasteiger partial charge in [0, 0.05) is 0 Å². The summed E-state index contributed by atoms with van der Waals surface area (Å²) in [5.41, 5.74) is 2.92. The third-order valence-corrected chi connectivity index (χ3v) is 12.0. The van der Waals surface area contributed by atoms with Crippen molar-refractivity contribution in [3.8, 4) is 0 Å². The first-order valence-corrected chi connectivity index (χ1v) is 15.1. The quantitative estimate of drug-likeness (QED) is 0.347. The zero-order valence-corrected chi connectivity index (χ0v) is 22.2. The highest BCUT2D eigenvalue weighted by atomic mass is 14.6. The molecule has 8 atom stereocenters. The van der Waals surface area contributed by atoms with E-state index in [9.17, 15) is 0 Å². The molecule has 4 saturated carbocycles. The van der Waals surface area contributed by atoms with Crippen LogP contribution < -0.4 is 0 Å². The molecule has 0 heteroatoms. The van der Waals surface area contributed by atoms with Crippen LogP contribution in [0.4, 0.5) is 0 Å². The molecule has 0 heterocycles. The Hall–Kier alpha value is -0.780. The Labute approximate surface area is 205 Å². The second-order valence-corrected chi connectivity index (χ2v) is 13.4. The molecule has 0 N–H and O–H groups in total. The zero-order chi connectivity index (χ0) is 22.9. The Morgan fingerprint density at radius 1 is 0.727 bits per heavy atom. The monoisotopic (exact) mass is 448 g/mol. The number of rotatable bonds is 8. The Bertz CT molecular complexity index is 751. The first-order valence-electron chi connectivity index (χ1n) is 15.1. The number of benzene rings is 1. The maximum atomic E-state index is 2.75. The summed E-state index contributed by atoms with van der Waals surface area (Å²) in [6, 6.07) is 11.5. The number of hydrogen-bond donors (Lipinski definition) is 0. The first kappa shape index (κ1) is 23.9. The fraction of sp³-hybridized carbons (Fsp3) is 0.818. The molecule has 0 amide bonds. The predicted molar refractivity (Wildman–Crippen MR) is 142 cm³/mol. The predicted octanol–water partition coefficient (Wildman–Crippen LogP) is 10.2. The van der Waals surface area contributed by atoms with Gasteiger partial charge in [-0.1, -0.05) is 89.6 Å². The molecular formula is C33H52. The normalized spacial score (nSPS) is 42.4. The Morgan fingerprint density at radius 2 is 1.45 bits per heavy atom. The molecule has 0 saturated heterocycles. The lowest BCUT2D eigenvalue weighted by atomic mass is 9.44. The van der Waals surface area contributed by atoms with E-state index in [4.69, 9.17) is 0 Å². The molecule has 5 rings (SSSR count). The van der Waals surface area contributed by atoms with Crippen LogP contribution in [0.1, 0.15) is 135 Å². The minimum atomic E-state index is 0.632. The Morgan fingerprint density at radius 3 is 2.27 bits per heavy atom. The van der Waals surface area contributed by atoms with Gasteiger partial charge in [-0.05, 0) is 116 Å². The molecule has 0 radical (unpaired) electrons. The van der Waals surface area contributed by atoms with Crippen LogP contribution in [0.2, 0.25) is 0 Å². The summed E-state index contributed by atoms with van der Waals surface area (Å²) in [5.74, 6) is 5.96. The van der Waals surface area contributed by atoms with Crippen molar-refractivity contribution in [2.75, 3.05) is 0 Å². The zero-order valence-electron chi connectivity index (χ0n) is 22.2. The van der Waals surface area contributed by atoms with Crippen molar-refractivity contribution in [3.05, 3.63) is 35.9 Å². The number of fused-ring (bicyclic) bond motifs is 5. The van der Waals surface area contributed by atoms with Crippen molar-refractivity contribution in [2.45, 2.75) is 129 Å². The van der Waals surface area contributed by atoms with Gasteiger partial charge in [-0.25, -0.2) is 0 Å². The van der Waals surface area contributed by atoms with Crippen molar-refractivity contribution < 1.29 is 0 Å². The summed E-state index contributed by atoms with van der Waals surface area (Å²) in [5, 5.41) is 0. The average Bonchev–Trinajstić information content (AvgIpc) is 3.17. The molecule has 0 nitrogen and oxygen atoms in total. The van der Waals surface area contributed by atoms with E-state index in [1.807, 2.05) is 0 Å². The van der Waals surface area contributed by atoms with Gasteiger partial charge < -0.3 is 0 Å². The minimum Gasteiger partial charge on any atom is -0.0654 e. The van der Waals surface area contributed by atoms with E-state index in [2.05, 4.69) is 51.1 Å². The number of hydrogen-bond acceptors (Lipinski definition) is 0. The molecule has 4 aliphatic carbocycles. The van der Waals surface area contributed by atoms with E-state index < -0.39 is 0 Å². The lowest BCUT2D eigenvalue weighted by Gasteiger charge is -2.61. The highest BCUT2D eigenvalue weighted by Crippen LogP contribution is 2.68. The van der Waals surface area contributed by atoms with E-state index in [1.165, 1.54) is 70.6 Å². The highest BCUT2D eigenvalue weighted by Gasteiger charge is 2.59. The second-order valence-electron chi connectivity index (χ2n) is 13.4. The maximum Gasteiger partial charge on any atom is -0.0159 e. The smallest absolute Gasteiger partial charge is 0.0159 e. The Balaban J connectivity index is 1.21. The van der Waals surface area contributed by atoms with Crippen LogP contribution in [0.25, 0.3) is 0 Å². The molecule has 4 fully saturated rings. The fourth-order valence-corrected chi connectivity index (χ4v) is 10.0. The van der Waals surface area contributed by atoms with Crippen LogP contribution in [0.15, 0.2) is 30.3 Å². The summed E-state index contributed by atoms with van der Waals surface area (Å²) < 4.78 is 0. The van der Waals surface area contributed by atoms with Crippen LogP contribution in [-0.4, -0.2) is 0 Å². The van der Waals surface area contributed by atoms with E-state index in [-0.39, 0.29) is 0 Å². The molecule has 0 spiro atoms. The molecule has 1 aromatic rings. The van der Waals surface area contributed by atoms with E-state index in [1.54, 1.807) is 37.7 Å². The topological polar surface area (TPSA) is 0 Å². The lowest BCUT2D eigenvalue weighted by Crippen LogP contribution is -2.53. The molecule has 184 valence electrons. The largest absolute Gasteiger partial charge is 0.0654 e. The summed E-state index contributed by atoms with van der Waals surface area (Å²) >= 11 is 0. The van der Waals surface area contributed by atoms with Gasteiger partial charge in [-0.3, -0.25) is 0 Å². The van der Waals surface area contributed by atoms with Crippen molar-refractivity contribution in [2.24, 2.45) is 40.4 Å². The molecule has 4 aliphatic rings. The summed E-state index contributed by atoms with van der Waals surface area (Å²) in [6.07, 6.45) is 24.0. The van der Waals surface area contributed by atoms with Crippen LogP contribution in [-0.2, 0) is 0 Å². The van der Waals surface area contributed by atoms with E-state index in [0.717, 1.165) is 35.5 Å². The van der Waals surface area contributed by atoms with Gasteiger partial charge in [0.05, 0.1) is 0 Å². The minimum absolute atomic E-state index is 0.632. The lowest BCUT2D eigenvalue weighted by molar-refractivity contribution is -0.114. The van der Waals surface area contributed by atoms with Crippen molar-refractivity contribution in [1.29, 1.82) is 0 Å². The second kappa shape index (κ2) is 10.1. The molecule has 4 unspecified atom stereocenters. The van der Waals surface area contributed by atoms with Crippen LogP contribution >= 0.6 is 0 Å². The number of unbranched alkanes of at least 4 members (excludes halogenated alkanes) is 5. The standard InChI is InChI=1S/C33H52/c1-4-5-6-7-8-12-15-27-17-19-30-29-18-16-28-24-26(25-13-10-9-11-14-25)20-22-33(28,3)31(29)21-23-32(27,30)2/h9-11,13-14,26-31H,4-8,12,15-24H2,1-3H3/t26?,27-,28?,29-,30?,31?,32+,33-/m0/s1. The summed E-state index contributed by atoms with van der Waals surface area (Å²) in [4.78, 5) is 0. The fourth-order valence-electron chi connectivity index (χ4n) is 10.0. The Kier molecular flexibility index (Phi) is 7.30. The van der Waals surface area contributed by atoms with Crippen LogP contribution in [0.3, 0.4) is 0 Å². The van der Waals surface area contributed by atoms with Gasteiger partial charge in [0.25, 0.3) is 0 Å². The molecule has 1 aromatic carbocycles. The van der Waals surface area contributed by atoms with Gasteiger partial charge in [-0.15, -0.1) is 0 Å². The summed E-state index contributed by atoms with van der Waals surface area (Å²) in [6.45, 7) is 7.84. The average molecular weight is 449 g/mol.